The van der Waals surface area contributed by atoms with Gasteiger partial charge in [-0.3, -0.25) is 9.78 Å². The summed E-state index contributed by atoms with van der Waals surface area (Å²) in [5.74, 6) is 0.0538. The molecule has 0 aliphatic heterocycles. The van der Waals surface area contributed by atoms with Crippen LogP contribution in [0.3, 0.4) is 0 Å². The topological polar surface area (TPSA) is 110 Å². The molecule has 8 nitrogen and oxygen atoms in total. The minimum Gasteiger partial charge on any atom is -0.488 e. The minimum atomic E-state index is -0.717. The summed E-state index contributed by atoms with van der Waals surface area (Å²) in [6.07, 6.45) is 3.36. The van der Waals surface area contributed by atoms with Gasteiger partial charge in [0.15, 0.2) is 0 Å². The standard InChI is InChI=1S/C16H18N4O4/c1-20-11(7-21)15(18-19-20)10-4-2-8(6-17-10)24-12-5-3-9-13(12)14(9)16(22)23/h2,4,6,9,12-14,21H,3,5,7H2,1H3,(H,22,23)/t9-,12-,13-,14-/m1/s1. The third-order valence-electron chi connectivity index (χ3n) is 5.09. The highest BCUT2D eigenvalue weighted by atomic mass is 16.5. The van der Waals surface area contributed by atoms with Crippen LogP contribution in [0.1, 0.15) is 18.5 Å². The van der Waals surface area contributed by atoms with E-state index in [0.29, 0.717) is 22.8 Å². The maximum Gasteiger partial charge on any atom is 0.307 e. The molecule has 4 rings (SSSR count). The number of aliphatic hydroxyl groups is 1. The average Bonchev–Trinajstić information content (AvgIpc) is 2.99. The van der Waals surface area contributed by atoms with Gasteiger partial charge in [-0.1, -0.05) is 5.21 Å². The van der Waals surface area contributed by atoms with Gasteiger partial charge in [0.1, 0.15) is 17.5 Å². The molecule has 2 aliphatic rings. The molecule has 0 bridgehead atoms. The molecular formula is C16H18N4O4. The van der Waals surface area contributed by atoms with Crippen molar-refractivity contribution in [3.8, 4) is 17.1 Å². The van der Waals surface area contributed by atoms with Crippen molar-refractivity contribution < 1.29 is 19.7 Å². The molecule has 2 aromatic rings. The number of rotatable bonds is 5. The normalized spacial score (nSPS) is 27.8. The third kappa shape index (κ3) is 2.34. The molecule has 0 unspecified atom stereocenters. The van der Waals surface area contributed by atoms with Crippen LogP contribution in [0.25, 0.3) is 11.4 Å². The zero-order valence-corrected chi connectivity index (χ0v) is 13.2. The monoisotopic (exact) mass is 330 g/mol. The number of aromatic nitrogens is 4. The van der Waals surface area contributed by atoms with E-state index in [-0.39, 0.29) is 30.5 Å². The molecule has 0 radical (unpaired) electrons. The van der Waals surface area contributed by atoms with Crippen molar-refractivity contribution in [2.75, 3.05) is 0 Å². The number of aliphatic carboxylic acids is 1. The second kappa shape index (κ2) is 5.55. The van der Waals surface area contributed by atoms with Crippen LogP contribution < -0.4 is 4.74 Å². The number of hydrogen-bond acceptors (Lipinski definition) is 6. The van der Waals surface area contributed by atoms with Crippen molar-refractivity contribution in [3.63, 3.8) is 0 Å². The molecule has 0 amide bonds. The van der Waals surface area contributed by atoms with Crippen molar-refractivity contribution in [2.45, 2.75) is 25.6 Å². The fourth-order valence-electron chi connectivity index (χ4n) is 3.83. The van der Waals surface area contributed by atoms with E-state index in [1.807, 2.05) is 0 Å². The molecule has 0 spiro atoms. The van der Waals surface area contributed by atoms with Crippen LogP contribution in [0, 0.1) is 17.8 Å². The fourth-order valence-corrected chi connectivity index (χ4v) is 3.83. The lowest BCUT2D eigenvalue weighted by atomic mass is 10.1. The SMILES string of the molecule is Cn1nnc(-c2ccc(O[C@@H]3CC[C@H]4[C@@H](C(=O)O)[C@H]43)cn2)c1CO. The molecular weight excluding hydrogens is 312 g/mol. The number of carbonyl (C=O) groups is 1. The van der Waals surface area contributed by atoms with Gasteiger partial charge in [0.25, 0.3) is 0 Å². The van der Waals surface area contributed by atoms with Gasteiger partial charge in [-0.2, -0.15) is 0 Å². The van der Waals surface area contributed by atoms with Gasteiger partial charge in [-0.15, -0.1) is 5.10 Å². The van der Waals surface area contributed by atoms with E-state index in [9.17, 15) is 9.90 Å². The van der Waals surface area contributed by atoms with E-state index in [0.717, 1.165) is 12.8 Å². The van der Waals surface area contributed by atoms with Crippen LogP contribution in [0.2, 0.25) is 0 Å². The lowest BCUT2D eigenvalue weighted by Gasteiger charge is -2.16. The van der Waals surface area contributed by atoms with Crippen molar-refractivity contribution in [3.05, 3.63) is 24.0 Å². The fraction of sp³-hybridized carbons (Fsp3) is 0.500. The van der Waals surface area contributed by atoms with Gasteiger partial charge in [-0.25, -0.2) is 4.68 Å². The molecule has 24 heavy (non-hydrogen) atoms. The minimum absolute atomic E-state index is 0.0479. The van der Waals surface area contributed by atoms with E-state index < -0.39 is 5.97 Å². The first kappa shape index (κ1) is 15.1. The number of ether oxygens (including phenoxy) is 1. The van der Waals surface area contributed by atoms with Crippen molar-refractivity contribution in [1.29, 1.82) is 0 Å². The smallest absolute Gasteiger partial charge is 0.307 e. The van der Waals surface area contributed by atoms with Crippen LogP contribution in [0.4, 0.5) is 0 Å². The van der Waals surface area contributed by atoms with Gasteiger partial charge < -0.3 is 14.9 Å². The molecule has 0 aromatic carbocycles. The summed E-state index contributed by atoms with van der Waals surface area (Å²) < 4.78 is 7.46. The Morgan fingerprint density at radius 1 is 1.42 bits per heavy atom. The highest BCUT2D eigenvalue weighted by Gasteiger charge is 2.62. The van der Waals surface area contributed by atoms with E-state index in [4.69, 9.17) is 9.84 Å². The number of carboxylic acid groups (broad SMARTS) is 1. The molecule has 8 heteroatoms. The van der Waals surface area contributed by atoms with Crippen LogP contribution in [0.15, 0.2) is 18.3 Å². The summed E-state index contributed by atoms with van der Waals surface area (Å²) in [6.45, 7) is -0.166. The van der Waals surface area contributed by atoms with Gasteiger partial charge >= 0.3 is 5.97 Å². The number of aryl methyl sites for hydroxylation is 1. The molecule has 2 N–H and O–H groups in total. The Labute approximate surface area is 138 Å². The zero-order chi connectivity index (χ0) is 16.8. The third-order valence-corrected chi connectivity index (χ3v) is 5.09. The van der Waals surface area contributed by atoms with Crippen LogP contribution in [-0.2, 0) is 18.4 Å². The van der Waals surface area contributed by atoms with Gasteiger partial charge in [0.2, 0.25) is 0 Å². The van der Waals surface area contributed by atoms with E-state index in [1.54, 1.807) is 25.4 Å². The molecule has 2 aromatic heterocycles. The molecule has 0 saturated heterocycles. The second-order valence-corrected chi connectivity index (χ2v) is 6.38. The summed E-state index contributed by atoms with van der Waals surface area (Å²) in [5, 5.41) is 26.5. The Morgan fingerprint density at radius 2 is 2.25 bits per heavy atom. The molecule has 2 aliphatic carbocycles. The molecule has 126 valence electrons. The molecule has 2 saturated carbocycles. The Balaban J connectivity index is 1.48. The Bertz CT molecular complexity index is 773. The summed E-state index contributed by atoms with van der Waals surface area (Å²) in [7, 11) is 1.71. The number of fused-ring (bicyclic) bond motifs is 1. The van der Waals surface area contributed by atoms with E-state index in [2.05, 4.69) is 15.3 Å². The quantitative estimate of drug-likeness (QED) is 0.836. The molecule has 2 heterocycles. The number of carboxylic acids is 1. The highest BCUT2D eigenvalue weighted by Crippen LogP contribution is 2.58. The van der Waals surface area contributed by atoms with Crippen molar-refractivity contribution in [1.82, 2.24) is 20.0 Å². The number of aliphatic hydroxyl groups excluding tert-OH is 1. The lowest BCUT2D eigenvalue weighted by molar-refractivity contribution is -0.139. The number of pyridine rings is 1. The predicted molar refractivity (Wildman–Crippen MR) is 81.9 cm³/mol. The molecule has 4 atom stereocenters. The van der Waals surface area contributed by atoms with Gasteiger partial charge in [0.05, 0.1) is 30.1 Å². The summed E-state index contributed by atoms with van der Waals surface area (Å²) >= 11 is 0. The maximum absolute atomic E-state index is 11.1. The Kier molecular flexibility index (Phi) is 3.49. The largest absolute Gasteiger partial charge is 0.488 e. The summed E-state index contributed by atoms with van der Waals surface area (Å²) in [6, 6.07) is 3.57. The molecule has 2 fully saturated rings. The summed E-state index contributed by atoms with van der Waals surface area (Å²) in [5.41, 5.74) is 1.75. The van der Waals surface area contributed by atoms with E-state index >= 15 is 0 Å². The first-order valence-electron chi connectivity index (χ1n) is 7.95. The first-order chi connectivity index (χ1) is 11.6. The number of nitrogens with zero attached hydrogens (tertiary/aromatic N) is 4. The van der Waals surface area contributed by atoms with Crippen LogP contribution in [-0.4, -0.2) is 42.3 Å². The lowest BCUT2D eigenvalue weighted by Crippen LogP contribution is -2.20. The van der Waals surface area contributed by atoms with Gasteiger partial charge in [-0.05, 0) is 30.9 Å². The average molecular weight is 330 g/mol. The summed E-state index contributed by atoms with van der Waals surface area (Å²) in [4.78, 5) is 15.5. The van der Waals surface area contributed by atoms with Crippen LogP contribution in [0.5, 0.6) is 5.75 Å². The van der Waals surface area contributed by atoms with Crippen molar-refractivity contribution >= 4 is 5.97 Å². The van der Waals surface area contributed by atoms with Gasteiger partial charge in [0, 0.05) is 13.0 Å². The zero-order valence-electron chi connectivity index (χ0n) is 13.2. The predicted octanol–water partition coefficient (Wildman–Crippen LogP) is 0.857. The van der Waals surface area contributed by atoms with Crippen molar-refractivity contribution in [2.24, 2.45) is 24.8 Å². The highest BCUT2D eigenvalue weighted by molar-refractivity contribution is 5.74. The van der Waals surface area contributed by atoms with Crippen LogP contribution >= 0.6 is 0 Å². The Morgan fingerprint density at radius 3 is 2.88 bits per heavy atom. The second-order valence-electron chi connectivity index (χ2n) is 6.38. The first-order valence-corrected chi connectivity index (χ1v) is 7.95. The maximum atomic E-state index is 11.1. The number of hydrogen-bond donors (Lipinski definition) is 2. The van der Waals surface area contributed by atoms with E-state index in [1.165, 1.54) is 4.68 Å². The Hall–Kier alpha value is -2.48.